The van der Waals surface area contributed by atoms with Crippen molar-refractivity contribution in [2.45, 2.75) is 0 Å². The summed E-state index contributed by atoms with van der Waals surface area (Å²) >= 11 is 17.5. The fraction of sp³-hybridized carbons (Fsp3) is 0.0667. The van der Waals surface area contributed by atoms with Crippen LogP contribution < -0.4 is 10.7 Å². The number of hydrogen-bond acceptors (Lipinski definition) is 3. The van der Waals surface area contributed by atoms with Gasteiger partial charge in [0.2, 0.25) is 0 Å². The molecule has 2 aromatic carbocycles. The van der Waals surface area contributed by atoms with Crippen molar-refractivity contribution in [2.24, 2.45) is 5.10 Å². The van der Waals surface area contributed by atoms with Crippen molar-refractivity contribution >= 4 is 52.6 Å². The summed E-state index contributed by atoms with van der Waals surface area (Å²) in [7, 11) is 0. The van der Waals surface area contributed by atoms with Crippen LogP contribution in [0.3, 0.4) is 0 Å². The van der Waals surface area contributed by atoms with Crippen LogP contribution in [0.2, 0.25) is 15.1 Å². The third kappa shape index (κ3) is 5.22. The quantitative estimate of drug-likeness (QED) is 0.623. The molecule has 0 aliphatic heterocycles. The number of carbonyl (C=O) groups is 1. The lowest BCUT2D eigenvalue weighted by Gasteiger charge is -2.05. The standard InChI is InChI=1S/C15H12Cl3N3O/c16-11-2-1-3-12(7-11)19-9-15(22)21-20-8-10-4-5-13(17)14(18)6-10/h1-8,19H,9H2,(H,21,22). The molecule has 0 atom stereocenters. The predicted octanol–water partition coefficient (Wildman–Crippen LogP) is 4.21. The number of carbonyl (C=O) groups excluding carboxylic acids is 1. The lowest BCUT2D eigenvalue weighted by Crippen LogP contribution is -2.25. The maximum Gasteiger partial charge on any atom is 0.259 e. The van der Waals surface area contributed by atoms with Gasteiger partial charge in [-0.3, -0.25) is 4.79 Å². The van der Waals surface area contributed by atoms with Crippen LogP contribution in [-0.2, 0) is 4.79 Å². The van der Waals surface area contributed by atoms with Gasteiger partial charge in [-0.2, -0.15) is 5.10 Å². The van der Waals surface area contributed by atoms with Gasteiger partial charge < -0.3 is 5.32 Å². The van der Waals surface area contributed by atoms with Crippen LogP contribution in [0.4, 0.5) is 5.69 Å². The van der Waals surface area contributed by atoms with Crippen molar-refractivity contribution in [3.8, 4) is 0 Å². The van der Waals surface area contributed by atoms with Crippen molar-refractivity contribution in [1.82, 2.24) is 5.43 Å². The van der Waals surface area contributed by atoms with Crippen LogP contribution in [0.1, 0.15) is 5.56 Å². The van der Waals surface area contributed by atoms with Crippen LogP contribution in [0.25, 0.3) is 0 Å². The van der Waals surface area contributed by atoms with E-state index in [1.807, 2.05) is 6.07 Å². The first-order chi connectivity index (χ1) is 10.5. The van der Waals surface area contributed by atoms with Gasteiger partial charge in [0.25, 0.3) is 5.91 Å². The zero-order valence-electron chi connectivity index (χ0n) is 11.3. The minimum atomic E-state index is -0.281. The van der Waals surface area contributed by atoms with E-state index in [1.165, 1.54) is 6.21 Å². The molecule has 0 aliphatic carbocycles. The zero-order chi connectivity index (χ0) is 15.9. The summed E-state index contributed by atoms with van der Waals surface area (Å²) in [5.41, 5.74) is 3.90. The molecular weight excluding hydrogens is 345 g/mol. The second kappa shape index (κ2) is 8.03. The Labute approximate surface area is 143 Å². The lowest BCUT2D eigenvalue weighted by atomic mass is 10.2. The molecule has 2 N–H and O–H groups in total. The van der Waals surface area contributed by atoms with Crippen molar-refractivity contribution in [3.63, 3.8) is 0 Å². The summed E-state index contributed by atoms with van der Waals surface area (Å²) in [6, 6.07) is 12.2. The van der Waals surface area contributed by atoms with Gasteiger partial charge in [-0.05, 0) is 35.9 Å². The first kappa shape index (κ1) is 16.6. The molecule has 0 saturated carbocycles. The Hall–Kier alpha value is -1.75. The Balaban J connectivity index is 1.82. The van der Waals surface area contributed by atoms with E-state index in [4.69, 9.17) is 34.8 Å². The number of anilines is 1. The number of benzene rings is 2. The highest BCUT2D eigenvalue weighted by atomic mass is 35.5. The number of amides is 1. The highest BCUT2D eigenvalue weighted by Gasteiger charge is 2.00. The van der Waals surface area contributed by atoms with Gasteiger partial charge in [-0.15, -0.1) is 0 Å². The molecule has 0 aromatic heterocycles. The Kier molecular flexibility index (Phi) is 6.07. The lowest BCUT2D eigenvalue weighted by molar-refractivity contribution is -0.119. The first-order valence-corrected chi connectivity index (χ1v) is 7.44. The number of nitrogens with one attached hydrogen (secondary N) is 2. The van der Waals surface area contributed by atoms with Gasteiger partial charge in [0.05, 0.1) is 22.8 Å². The molecule has 7 heteroatoms. The highest BCUT2D eigenvalue weighted by Crippen LogP contribution is 2.21. The van der Waals surface area contributed by atoms with E-state index in [1.54, 1.807) is 36.4 Å². The Morgan fingerprint density at radius 3 is 2.64 bits per heavy atom. The van der Waals surface area contributed by atoms with Crippen molar-refractivity contribution in [1.29, 1.82) is 0 Å². The van der Waals surface area contributed by atoms with Crippen molar-refractivity contribution < 1.29 is 4.79 Å². The van der Waals surface area contributed by atoms with Gasteiger partial charge in [0.1, 0.15) is 0 Å². The largest absolute Gasteiger partial charge is 0.376 e. The third-order valence-electron chi connectivity index (χ3n) is 2.62. The number of hydrazone groups is 1. The average Bonchev–Trinajstić information content (AvgIpc) is 2.49. The molecular formula is C15H12Cl3N3O. The highest BCUT2D eigenvalue weighted by molar-refractivity contribution is 6.42. The Morgan fingerprint density at radius 1 is 1.09 bits per heavy atom. The Bertz CT molecular complexity index is 704. The monoisotopic (exact) mass is 355 g/mol. The molecule has 1 amide bonds. The summed E-state index contributed by atoms with van der Waals surface area (Å²) in [5.74, 6) is -0.281. The summed E-state index contributed by atoms with van der Waals surface area (Å²) < 4.78 is 0. The van der Waals surface area contributed by atoms with Crippen LogP contribution in [-0.4, -0.2) is 18.7 Å². The fourth-order valence-electron chi connectivity index (χ4n) is 1.59. The normalized spacial score (nSPS) is 10.7. The average molecular weight is 357 g/mol. The summed E-state index contributed by atoms with van der Waals surface area (Å²) in [6.07, 6.45) is 1.49. The first-order valence-electron chi connectivity index (χ1n) is 6.31. The summed E-state index contributed by atoms with van der Waals surface area (Å²) in [4.78, 5) is 11.6. The maximum absolute atomic E-state index is 11.6. The maximum atomic E-state index is 11.6. The summed E-state index contributed by atoms with van der Waals surface area (Å²) in [6.45, 7) is 0.0824. The minimum absolute atomic E-state index is 0.0824. The van der Waals surface area contributed by atoms with Crippen LogP contribution in [0, 0.1) is 0 Å². The number of nitrogens with zero attached hydrogens (tertiary/aromatic N) is 1. The molecule has 4 nitrogen and oxygen atoms in total. The van der Waals surface area contributed by atoms with Gasteiger partial charge in [-0.1, -0.05) is 46.9 Å². The zero-order valence-corrected chi connectivity index (χ0v) is 13.6. The smallest absolute Gasteiger partial charge is 0.259 e. The molecule has 0 unspecified atom stereocenters. The van der Waals surface area contributed by atoms with Crippen LogP contribution in [0.15, 0.2) is 47.6 Å². The molecule has 0 aliphatic rings. The van der Waals surface area contributed by atoms with Gasteiger partial charge in [0.15, 0.2) is 0 Å². The van der Waals surface area contributed by atoms with E-state index in [2.05, 4.69) is 15.8 Å². The van der Waals surface area contributed by atoms with Gasteiger partial charge in [-0.25, -0.2) is 5.43 Å². The van der Waals surface area contributed by atoms with E-state index in [0.717, 1.165) is 11.3 Å². The topological polar surface area (TPSA) is 53.5 Å². The van der Waals surface area contributed by atoms with Crippen molar-refractivity contribution in [3.05, 3.63) is 63.1 Å². The van der Waals surface area contributed by atoms with Gasteiger partial charge >= 0.3 is 0 Å². The molecule has 0 saturated heterocycles. The molecule has 0 spiro atoms. The molecule has 0 fully saturated rings. The molecule has 0 radical (unpaired) electrons. The molecule has 0 bridgehead atoms. The van der Waals surface area contributed by atoms with Crippen LogP contribution >= 0.6 is 34.8 Å². The number of hydrogen-bond donors (Lipinski definition) is 2. The van der Waals surface area contributed by atoms with E-state index < -0.39 is 0 Å². The summed E-state index contributed by atoms with van der Waals surface area (Å²) in [5, 5.41) is 8.29. The predicted molar refractivity (Wildman–Crippen MR) is 92.1 cm³/mol. The second-order valence-corrected chi connectivity index (χ2v) is 5.58. The number of halogens is 3. The van der Waals surface area contributed by atoms with E-state index in [0.29, 0.717) is 15.1 Å². The van der Waals surface area contributed by atoms with E-state index in [9.17, 15) is 4.79 Å². The van der Waals surface area contributed by atoms with Gasteiger partial charge in [0, 0.05) is 10.7 Å². The minimum Gasteiger partial charge on any atom is -0.376 e. The fourth-order valence-corrected chi connectivity index (χ4v) is 2.09. The molecule has 0 heterocycles. The van der Waals surface area contributed by atoms with Crippen LogP contribution in [0.5, 0.6) is 0 Å². The van der Waals surface area contributed by atoms with E-state index in [-0.39, 0.29) is 12.5 Å². The molecule has 22 heavy (non-hydrogen) atoms. The second-order valence-electron chi connectivity index (χ2n) is 4.33. The Morgan fingerprint density at radius 2 is 1.91 bits per heavy atom. The number of rotatable bonds is 5. The van der Waals surface area contributed by atoms with E-state index >= 15 is 0 Å². The molecule has 114 valence electrons. The van der Waals surface area contributed by atoms with Crippen molar-refractivity contribution in [2.75, 3.05) is 11.9 Å². The molecule has 2 aromatic rings. The third-order valence-corrected chi connectivity index (χ3v) is 3.60. The SMILES string of the molecule is O=C(CNc1cccc(Cl)c1)NN=Cc1ccc(Cl)c(Cl)c1. The molecule has 2 rings (SSSR count).